The first-order valence-electron chi connectivity index (χ1n) is 9.93. The molecule has 1 fully saturated rings. The molecule has 1 N–H and O–H groups in total. The molecule has 4 rings (SSSR count). The fourth-order valence-electron chi connectivity index (χ4n) is 3.40. The van der Waals surface area contributed by atoms with Gasteiger partial charge in [-0.2, -0.15) is 13.2 Å². The number of phenolic OH excluding ortho intramolecular Hbond substituents is 1. The number of aromatic nitrogens is 3. The third-order valence-electron chi connectivity index (χ3n) is 5.02. The van der Waals surface area contributed by atoms with Gasteiger partial charge in [-0.15, -0.1) is 10.2 Å². The van der Waals surface area contributed by atoms with Crippen molar-refractivity contribution < 1.29 is 32.5 Å². The number of rotatable bonds is 5. The second kappa shape index (κ2) is 9.84. The Bertz CT molecular complexity index is 1200. The molecule has 0 spiro atoms. The number of thioether (sulfide) groups is 1. The van der Waals surface area contributed by atoms with E-state index in [1.807, 2.05) is 24.3 Å². The van der Waals surface area contributed by atoms with Crippen LogP contribution in [0.25, 0.3) is 17.1 Å². The van der Waals surface area contributed by atoms with E-state index in [-0.39, 0.29) is 15.9 Å². The molecule has 0 radical (unpaired) electrons. The van der Waals surface area contributed by atoms with Gasteiger partial charge in [0.2, 0.25) is 0 Å². The molecule has 2 heterocycles. The summed E-state index contributed by atoms with van der Waals surface area (Å²) in [5.41, 5.74) is 1.69. The van der Waals surface area contributed by atoms with E-state index < -0.39 is 23.6 Å². The molecule has 1 aromatic heterocycles. The van der Waals surface area contributed by atoms with Crippen molar-refractivity contribution in [3.05, 3.63) is 40.9 Å². The Labute approximate surface area is 204 Å². The van der Waals surface area contributed by atoms with E-state index in [4.69, 9.17) is 4.74 Å². The summed E-state index contributed by atoms with van der Waals surface area (Å²) >= 11 is 4.43. The van der Waals surface area contributed by atoms with Gasteiger partial charge in [0, 0.05) is 30.5 Å². The first-order valence-corrected chi connectivity index (χ1v) is 11.9. The van der Waals surface area contributed by atoms with Crippen molar-refractivity contribution in [3.63, 3.8) is 0 Å². The van der Waals surface area contributed by atoms with Crippen LogP contribution in [0.2, 0.25) is 0 Å². The molecule has 1 aliphatic heterocycles. The lowest BCUT2D eigenvalue weighted by atomic mass is 10.1. The molecular formula is C21H18BrF3N4O4S. The van der Waals surface area contributed by atoms with Gasteiger partial charge in [0.1, 0.15) is 11.5 Å². The maximum Gasteiger partial charge on any atom is 0.491 e. The van der Waals surface area contributed by atoms with E-state index in [0.29, 0.717) is 24.1 Å². The second-order valence-electron chi connectivity index (χ2n) is 7.15. The van der Waals surface area contributed by atoms with Gasteiger partial charge in [0.25, 0.3) is 0 Å². The van der Waals surface area contributed by atoms with Gasteiger partial charge in [0.05, 0.1) is 23.2 Å². The van der Waals surface area contributed by atoms with Crippen molar-refractivity contribution in [3.8, 4) is 28.6 Å². The summed E-state index contributed by atoms with van der Waals surface area (Å²) in [4.78, 5) is 13.7. The number of anilines is 1. The molecular weight excluding hydrogens is 541 g/mol. The minimum Gasteiger partial charge on any atom is -0.507 e. The van der Waals surface area contributed by atoms with E-state index >= 15 is 0 Å². The van der Waals surface area contributed by atoms with Crippen molar-refractivity contribution >= 4 is 39.3 Å². The number of halogens is 4. The highest BCUT2D eigenvalue weighted by Gasteiger charge is 2.42. The SMILES string of the molecule is CSc1nnc(-c2cc(Br)c(O)cc2OC(=O)C(F)(F)F)n1-c1ccc(N2CCOCC2)cc1. The van der Waals surface area contributed by atoms with Crippen LogP contribution in [0.15, 0.2) is 46.0 Å². The lowest BCUT2D eigenvalue weighted by Crippen LogP contribution is -2.36. The number of alkyl halides is 3. The van der Waals surface area contributed by atoms with Crippen LogP contribution in [0.3, 0.4) is 0 Å². The molecule has 13 heteroatoms. The molecule has 0 bridgehead atoms. The summed E-state index contributed by atoms with van der Waals surface area (Å²) in [5.74, 6) is -3.19. The molecule has 0 aliphatic carbocycles. The van der Waals surface area contributed by atoms with Crippen LogP contribution in [0, 0.1) is 0 Å². The van der Waals surface area contributed by atoms with Gasteiger partial charge in [-0.25, -0.2) is 4.79 Å². The summed E-state index contributed by atoms with van der Waals surface area (Å²) in [6.07, 6.45) is -3.43. The van der Waals surface area contributed by atoms with Crippen LogP contribution >= 0.6 is 27.7 Å². The zero-order chi connectivity index (χ0) is 24.5. The molecule has 0 unspecified atom stereocenters. The van der Waals surface area contributed by atoms with E-state index in [1.165, 1.54) is 17.8 Å². The third kappa shape index (κ3) is 5.00. The van der Waals surface area contributed by atoms with Crippen molar-refractivity contribution in [2.45, 2.75) is 11.3 Å². The number of hydrogen-bond donors (Lipinski definition) is 1. The fourth-order valence-corrected chi connectivity index (χ4v) is 4.24. The number of carbonyl (C=O) groups excluding carboxylic acids is 1. The van der Waals surface area contributed by atoms with Gasteiger partial charge in [-0.3, -0.25) is 4.57 Å². The highest BCUT2D eigenvalue weighted by Crippen LogP contribution is 2.40. The van der Waals surface area contributed by atoms with Gasteiger partial charge in [-0.1, -0.05) is 11.8 Å². The summed E-state index contributed by atoms with van der Waals surface area (Å²) in [6, 6.07) is 9.77. The second-order valence-corrected chi connectivity index (χ2v) is 8.78. The highest BCUT2D eigenvalue weighted by atomic mass is 79.9. The molecule has 0 amide bonds. The minimum atomic E-state index is -5.21. The minimum absolute atomic E-state index is 0.0346. The van der Waals surface area contributed by atoms with Crippen molar-refractivity contribution in [2.24, 2.45) is 0 Å². The molecule has 8 nitrogen and oxygen atoms in total. The van der Waals surface area contributed by atoms with E-state index in [9.17, 15) is 23.1 Å². The highest BCUT2D eigenvalue weighted by molar-refractivity contribution is 9.10. The molecule has 180 valence electrons. The zero-order valence-corrected chi connectivity index (χ0v) is 20.1. The zero-order valence-electron chi connectivity index (χ0n) is 17.7. The van der Waals surface area contributed by atoms with Crippen LogP contribution in [0.1, 0.15) is 0 Å². The molecule has 1 aliphatic rings. The standard InChI is InChI=1S/C21H18BrF3N4O4S/c1-34-20-27-26-18(14-10-15(22)16(30)11-17(14)33-19(31)21(23,24)25)29(20)13-4-2-12(3-5-13)28-6-8-32-9-7-28/h2-5,10-11,30H,6-9H2,1H3. The normalized spacial score (nSPS) is 14.3. The lowest BCUT2D eigenvalue weighted by molar-refractivity contribution is -0.189. The van der Waals surface area contributed by atoms with Crippen LogP contribution in [0.4, 0.5) is 18.9 Å². The van der Waals surface area contributed by atoms with E-state index in [2.05, 4.69) is 35.8 Å². The average molecular weight is 559 g/mol. The molecule has 3 aromatic rings. The Kier molecular flexibility index (Phi) is 7.05. The summed E-state index contributed by atoms with van der Waals surface area (Å²) < 4.78 is 50.3. The first kappa shape index (κ1) is 24.4. The fraction of sp³-hybridized carbons (Fsp3) is 0.286. The number of nitrogens with zero attached hydrogens (tertiary/aromatic N) is 4. The molecule has 2 aromatic carbocycles. The van der Waals surface area contributed by atoms with Gasteiger partial charge in [0.15, 0.2) is 11.0 Å². The number of aromatic hydroxyl groups is 1. The van der Waals surface area contributed by atoms with Crippen molar-refractivity contribution in [1.82, 2.24) is 14.8 Å². The number of carbonyl (C=O) groups is 1. The van der Waals surface area contributed by atoms with Gasteiger partial charge < -0.3 is 19.5 Å². The number of hydrogen-bond acceptors (Lipinski definition) is 8. The Hall–Kier alpha value is -2.77. The number of morpholine rings is 1. The molecule has 0 saturated carbocycles. The summed E-state index contributed by atoms with van der Waals surface area (Å²) in [6.45, 7) is 2.82. The molecule has 1 saturated heterocycles. The number of esters is 1. The van der Waals surface area contributed by atoms with E-state index in [1.54, 1.807) is 10.8 Å². The topological polar surface area (TPSA) is 89.7 Å². The number of ether oxygens (including phenoxy) is 2. The Morgan fingerprint density at radius 3 is 2.41 bits per heavy atom. The van der Waals surface area contributed by atoms with Crippen LogP contribution in [0.5, 0.6) is 11.5 Å². The Balaban J connectivity index is 1.78. The van der Waals surface area contributed by atoms with Crippen LogP contribution in [-0.4, -0.2) is 64.6 Å². The maximum absolute atomic E-state index is 12.8. The van der Waals surface area contributed by atoms with Crippen LogP contribution < -0.4 is 9.64 Å². The monoisotopic (exact) mass is 558 g/mol. The van der Waals surface area contributed by atoms with Crippen molar-refractivity contribution in [2.75, 3.05) is 37.5 Å². The smallest absolute Gasteiger partial charge is 0.491 e. The third-order valence-corrected chi connectivity index (χ3v) is 6.29. The first-order chi connectivity index (χ1) is 16.2. The number of phenols is 1. The van der Waals surface area contributed by atoms with Crippen molar-refractivity contribution in [1.29, 1.82) is 0 Å². The molecule has 0 atom stereocenters. The number of benzene rings is 2. The van der Waals surface area contributed by atoms with Crippen LogP contribution in [-0.2, 0) is 9.53 Å². The predicted octanol–water partition coefficient (Wildman–Crippen LogP) is 4.43. The largest absolute Gasteiger partial charge is 0.507 e. The lowest BCUT2D eigenvalue weighted by Gasteiger charge is -2.29. The molecule has 34 heavy (non-hydrogen) atoms. The quantitative estimate of drug-likeness (QED) is 0.279. The summed E-state index contributed by atoms with van der Waals surface area (Å²) in [7, 11) is 0. The summed E-state index contributed by atoms with van der Waals surface area (Å²) in [5, 5.41) is 18.7. The Morgan fingerprint density at radius 1 is 1.15 bits per heavy atom. The Morgan fingerprint density at radius 2 is 1.79 bits per heavy atom. The predicted molar refractivity (Wildman–Crippen MR) is 123 cm³/mol. The average Bonchev–Trinajstić information content (AvgIpc) is 3.25. The van der Waals surface area contributed by atoms with Gasteiger partial charge in [-0.05, 0) is 52.5 Å². The van der Waals surface area contributed by atoms with Gasteiger partial charge >= 0.3 is 12.1 Å². The maximum atomic E-state index is 12.8. The van der Waals surface area contributed by atoms with E-state index in [0.717, 1.165) is 24.8 Å².